The summed E-state index contributed by atoms with van der Waals surface area (Å²) in [7, 11) is 0. The molecule has 0 fully saturated rings. The van der Waals surface area contributed by atoms with Gasteiger partial charge in [0.15, 0.2) is 0 Å². The Morgan fingerprint density at radius 3 is 2.53 bits per heavy atom. The summed E-state index contributed by atoms with van der Waals surface area (Å²) in [6, 6.07) is 4.87. The molecule has 1 aromatic carbocycles. The fourth-order valence-electron chi connectivity index (χ4n) is 1.37. The van der Waals surface area contributed by atoms with E-state index in [9.17, 15) is 13.2 Å². The molecule has 2 aromatic rings. The first-order valence-electron chi connectivity index (χ1n) is 4.72. The number of benzene rings is 1. The molecule has 0 saturated heterocycles. The number of nitrogens with two attached hydrogens (primary N) is 1. The van der Waals surface area contributed by atoms with Crippen LogP contribution < -0.4 is 5.73 Å². The molecule has 17 heavy (non-hydrogen) atoms. The van der Waals surface area contributed by atoms with E-state index < -0.39 is 11.7 Å². The van der Waals surface area contributed by atoms with Gasteiger partial charge in [0.05, 0.1) is 23.7 Å². The predicted octanol–water partition coefficient (Wildman–Crippen LogP) is 2.74. The van der Waals surface area contributed by atoms with Gasteiger partial charge in [0.2, 0.25) is 0 Å². The quantitative estimate of drug-likeness (QED) is 0.832. The maximum absolute atomic E-state index is 12.5. The van der Waals surface area contributed by atoms with Crippen LogP contribution in [0, 0.1) is 0 Å². The Hall–Kier alpha value is -2.11. The van der Waals surface area contributed by atoms with Gasteiger partial charge in [-0.1, -0.05) is 12.1 Å². The molecular formula is C11H8F3N3. The van der Waals surface area contributed by atoms with E-state index in [2.05, 4.69) is 9.97 Å². The third kappa shape index (κ3) is 2.52. The minimum absolute atomic E-state index is 0.167. The molecule has 2 N–H and O–H groups in total. The molecule has 1 heterocycles. The zero-order chi connectivity index (χ0) is 12.5. The van der Waals surface area contributed by atoms with Crippen LogP contribution >= 0.6 is 0 Å². The average Bonchev–Trinajstić information content (AvgIpc) is 2.28. The number of alkyl halides is 3. The van der Waals surface area contributed by atoms with Crippen molar-refractivity contribution >= 4 is 5.82 Å². The van der Waals surface area contributed by atoms with Gasteiger partial charge in [0.1, 0.15) is 5.82 Å². The van der Waals surface area contributed by atoms with Crippen LogP contribution in [0.4, 0.5) is 19.0 Å². The molecule has 0 radical (unpaired) electrons. The number of hydrogen-bond acceptors (Lipinski definition) is 3. The topological polar surface area (TPSA) is 51.8 Å². The number of nitrogens with zero attached hydrogens (tertiary/aromatic N) is 2. The van der Waals surface area contributed by atoms with E-state index in [1.54, 1.807) is 0 Å². The summed E-state index contributed by atoms with van der Waals surface area (Å²) < 4.78 is 37.5. The molecule has 0 amide bonds. The molecule has 0 atom stereocenters. The Balaban J connectivity index is 2.47. The van der Waals surface area contributed by atoms with E-state index in [1.165, 1.54) is 24.5 Å². The second-order valence-corrected chi connectivity index (χ2v) is 3.41. The van der Waals surface area contributed by atoms with E-state index in [-0.39, 0.29) is 5.82 Å². The van der Waals surface area contributed by atoms with E-state index >= 15 is 0 Å². The number of halogens is 3. The van der Waals surface area contributed by atoms with Gasteiger partial charge >= 0.3 is 6.18 Å². The van der Waals surface area contributed by atoms with Crippen molar-refractivity contribution in [2.45, 2.75) is 6.18 Å². The van der Waals surface area contributed by atoms with Crippen LogP contribution in [0.1, 0.15) is 5.56 Å². The summed E-state index contributed by atoms with van der Waals surface area (Å²) in [5.74, 6) is 0.167. The van der Waals surface area contributed by atoms with Crippen LogP contribution in [0.25, 0.3) is 11.3 Å². The van der Waals surface area contributed by atoms with Crippen molar-refractivity contribution in [2.24, 2.45) is 0 Å². The van der Waals surface area contributed by atoms with Crippen molar-refractivity contribution in [3.63, 3.8) is 0 Å². The minimum atomic E-state index is -4.37. The summed E-state index contributed by atoms with van der Waals surface area (Å²) in [5.41, 5.74) is 5.35. The van der Waals surface area contributed by atoms with Gasteiger partial charge in [-0.2, -0.15) is 13.2 Å². The second-order valence-electron chi connectivity index (χ2n) is 3.41. The van der Waals surface area contributed by atoms with Crippen LogP contribution in [0.3, 0.4) is 0 Å². The standard InChI is InChI=1S/C11H8F3N3/c12-11(13,14)8-3-1-2-7(4-8)9-5-16-6-10(15)17-9/h1-6H,(H2,15,17). The molecule has 3 nitrogen and oxygen atoms in total. The maximum atomic E-state index is 12.5. The Morgan fingerprint density at radius 2 is 1.88 bits per heavy atom. The van der Waals surface area contributed by atoms with Crippen molar-refractivity contribution in [3.05, 3.63) is 42.2 Å². The first kappa shape index (κ1) is 11.4. The van der Waals surface area contributed by atoms with Crippen molar-refractivity contribution in [1.29, 1.82) is 0 Å². The fraction of sp³-hybridized carbons (Fsp3) is 0.0909. The van der Waals surface area contributed by atoms with Gasteiger partial charge in [-0.15, -0.1) is 0 Å². The minimum Gasteiger partial charge on any atom is -0.382 e. The van der Waals surface area contributed by atoms with Crippen LogP contribution in [0.15, 0.2) is 36.7 Å². The first-order valence-corrected chi connectivity index (χ1v) is 4.72. The number of aromatic nitrogens is 2. The lowest BCUT2D eigenvalue weighted by Gasteiger charge is -2.08. The van der Waals surface area contributed by atoms with Crippen LogP contribution in [-0.4, -0.2) is 9.97 Å². The van der Waals surface area contributed by atoms with Gasteiger partial charge in [-0.25, -0.2) is 4.98 Å². The lowest BCUT2D eigenvalue weighted by Crippen LogP contribution is -2.04. The lowest BCUT2D eigenvalue weighted by molar-refractivity contribution is -0.137. The smallest absolute Gasteiger partial charge is 0.382 e. The van der Waals surface area contributed by atoms with Gasteiger partial charge < -0.3 is 5.73 Å². The molecule has 0 aliphatic rings. The Labute approximate surface area is 95.1 Å². The maximum Gasteiger partial charge on any atom is 0.416 e. The Bertz CT molecular complexity index is 537. The number of nitrogen functional groups attached to an aromatic ring is 1. The predicted molar refractivity (Wildman–Crippen MR) is 56.9 cm³/mol. The summed E-state index contributed by atoms with van der Waals surface area (Å²) in [4.78, 5) is 7.70. The second kappa shape index (κ2) is 4.04. The fourth-order valence-corrected chi connectivity index (χ4v) is 1.37. The number of anilines is 1. The highest BCUT2D eigenvalue weighted by Gasteiger charge is 2.30. The highest BCUT2D eigenvalue weighted by Crippen LogP contribution is 2.31. The van der Waals surface area contributed by atoms with E-state index in [1.807, 2.05) is 0 Å². The van der Waals surface area contributed by atoms with Gasteiger partial charge in [0.25, 0.3) is 0 Å². The molecule has 0 saturated carbocycles. The van der Waals surface area contributed by atoms with E-state index in [0.717, 1.165) is 12.1 Å². The third-order valence-corrected chi connectivity index (χ3v) is 2.14. The Morgan fingerprint density at radius 1 is 1.12 bits per heavy atom. The molecule has 0 bridgehead atoms. The van der Waals surface area contributed by atoms with Gasteiger partial charge in [-0.05, 0) is 12.1 Å². The normalized spacial score (nSPS) is 11.5. The molecule has 88 valence electrons. The molecule has 6 heteroatoms. The van der Waals surface area contributed by atoms with Crippen LogP contribution in [-0.2, 0) is 6.18 Å². The van der Waals surface area contributed by atoms with Gasteiger partial charge in [-0.3, -0.25) is 4.98 Å². The summed E-state index contributed by atoms with van der Waals surface area (Å²) in [5, 5.41) is 0. The van der Waals surface area contributed by atoms with Crippen LogP contribution in [0.5, 0.6) is 0 Å². The summed E-state index contributed by atoms with van der Waals surface area (Å²) >= 11 is 0. The SMILES string of the molecule is Nc1cncc(-c2cccc(C(F)(F)F)c2)n1. The van der Waals surface area contributed by atoms with Crippen molar-refractivity contribution in [1.82, 2.24) is 9.97 Å². The zero-order valence-corrected chi connectivity index (χ0v) is 8.57. The molecule has 0 spiro atoms. The molecule has 0 aliphatic heterocycles. The summed E-state index contributed by atoms with van der Waals surface area (Å²) in [6.45, 7) is 0. The first-order chi connectivity index (χ1) is 7.97. The molecular weight excluding hydrogens is 231 g/mol. The highest BCUT2D eigenvalue weighted by molar-refractivity contribution is 5.60. The van der Waals surface area contributed by atoms with Gasteiger partial charge in [0, 0.05) is 5.56 Å². The number of hydrogen-bond donors (Lipinski definition) is 1. The van der Waals surface area contributed by atoms with Crippen LogP contribution in [0.2, 0.25) is 0 Å². The van der Waals surface area contributed by atoms with E-state index in [0.29, 0.717) is 11.3 Å². The zero-order valence-electron chi connectivity index (χ0n) is 8.57. The number of rotatable bonds is 1. The monoisotopic (exact) mass is 239 g/mol. The van der Waals surface area contributed by atoms with Crippen molar-refractivity contribution < 1.29 is 13.2 Å². The molecule has 0 unspecified atom stereocenters. The van der Waals surface area contributed by atoms with E-state index in [4.69, 9.17) is 5.73 Å². The van der Waals surface area contributed by atoms with Crippen molar-refractivity contribution in [3.8, 4) is 11.3 Å². The average molecular weight is 239 g/mol. The highest BCUT2D eigenvalue weighted by atomic mass is 19.4. The Kier molecular flexibility index (Phi) is 2.71. The molecule has 2 rings (SSSR count). The largest absolute Gasteiger partial charge is 0.416 e. The lowest BCUT2D eigenvalue weighted by atomic mass is 10.1. The molecule has 0 aliphatic carbocycles. The molecule has 1 aromatic heterocycles. The summed E-state index contributed by atoms with van der Waals surface area (Å²) in [6.07, 6.45) is -1.67. The van der Waals surface area contributed by atoms with Crippen molar-refractivity contribution in [2.75, 3.05) is 5.73 Å². The third-order valence-electron chi connectivity index (χ3n) is 2.14.